The van der Waals surface area contributed by atoms with E-state index in [1.165, 1.54) is 41.1 Å². The Hall–Kier alpha value is -1.02. The first-order valence-electron chi connectivity index (χ1n) is 5.37. The number of halogens is 1. The van der Waals surface area contributed by atoms with E-state index in [-0.39, 0.29) is 11.4 Å². The molecule has 2 rings (SSSR count). The van der Waals surface area contributed by atoms with Crippen molar-refractivity contribution in [1.82, 2.24) is 14.3 Å². The Balaban J connectivity index is 2.27. The molecule has 0 aliphatic rings. The summed E-state index contributed by atoms with van der Waals surface area (Å²) in [5, 5.41) is 0.295. The lowest BCUT2D eigenvalue weighted by molar-refractivity contribution is 0.468. The van der Waals surface area contributed by atoms with Crippen molar-refractivity contribution in [1.29, 1.82) is 0 Å². The second-order valence-electron chi connectivity index (χ2n) is 3.96. The summed E-state index contributed by atoms with van der Waals surface area (Å²) in [4.78, 5) is 8.91. The van der Waals surface area contributed by atoms with Gasteiger partial charge in [-0.05, 0) is 13.0 Å². The summed E-state index contributed by atoms with van der Waals surface area (Å²) in [5.41, 5.74) is 2.54. The van der Waals surface area contributed by atoms with Crippen molar-refractivity contribution in [3.05, 3.63) is 39.6 Å². The third kappa shape index (κ3) is 3.11. The van der Waals surface area contributed by atoms with E-state index in [9.17, 15) is 8.42 Å². The van der Waals surface area contributed by atoms with Crippen LogP contribution in [0, 0.1) is 6.92 Å². The fourth-order valence-electron chi connectivity index (χ4n) is 1.48. The normalized spacial score (nSPS) is 12.0. The van der Waals surface area contributed by atoms with Gasteiger partial charge in [-0.25, -0.2) is 13.4 Å². The van der Waals surface area contributed by atoms with Crippen molar-refractivity contribution >= 4 is 33.0 Å². The molecule has 8 heteroatoms. The molecule has 0 bridgehead atoms. The Kier molecular flexibility index (Phi) is 4.19. The van der Waals surface area contributed by atoms with Crippen LogP contribution in [0.3, 0.4) is 0 Å². The molecule has 2 aromatic heterocycles. The van der Waals surface area contributed by atoms with E-state index < -0.39 is 10.0 Å². The van der Waals surface area contributed by atoms with Gasteiger partial charge in [-0.2, -0.15) is 4.31 Å². The van der Waals surface area contributed by atoms with Crippen LogP contribution in [0.4, 0.5) is 0 Å². The molecule has 0 saturated carbocycles. The molecule has 0 N–H and O–H groups in total. The predicted octanol–water partition coefficient (Wildman–Crippen LogP) is 2.32. The molecule has 19 heavy (non-hydrogen) atoms. The standard InChI is InChI=1S/C11H12ClN3O2S2/c1-8-11(18-7-14-8)6-15(2)19(16,17)10-3-9(12)4-13-5-10/h3-5,7H,6H2,1-2H3. The summed E-state index contributed by atoms with van der Waals surface area (Å²) in [5.74, 6) is 0. The number of thiazole rings is 1. The first-order valence-corrected chi connectivity index (χ1v) is 8.07. The second-order valence-corrected chi connectivity index (χ2v) is 7.38. The highest BCUT2D eigenvalue weighted by molar-refractivity contribution is 7.89. The van der Waals surface area contributed by atoms with Crippen molar-refractivity contribution in [2.45, 2.75) is 18.4 Å². The summed E-state index contributed by atoms with van der Waals surface area (Å²) in [6, 6.07) is 1.39. The van der Waals surface area contributed by atoms with Gasteiger partial charge in [0, 0.05) is 30.9 Å². The maximum absolute atomic E-state index is 12.3. The maximum atomic E-state index is 12.3. The van der Waals surface area contributed by atoms with E-state index in [4.69, 9.17) is 11.6 Å². The van der Waals surface area contributed by atoms with Crippen LogP contribution < -0.4 is 0 Å². The highest BCUT2D eigenvalue weighted by Crippen LogP contribution is 2.21. The van der Waals surface area contributed by atoms with Gasteiger partial charge in [-0.1, -0.05) is 11.6 Å². The number of aryl methyl sites for hydroxylation is 1. The topological polar surface area (TPSA) is 63.2 Å². The lowest BCUT2D eigenvalue weighted by atomic mass is 10.4. The number of aromatic nitrogens is 2. The Morgan fingerprint density at radius 2 is 2.16 bits per heavy atom. The van der Waals surface area contributed by atoms with Crippen LogP contribution in [0.2, 0.25) is 5.02 Å². The van der Waals surface area contributed by atoms with Crippen molar-refractivity contribution in [3.8, 4) is 0 Å². The molecule has 0 atom stereocenters. The molecule has 0 spiro atoms. The molecule has 0 fully saturated rings. The van der Waals surface area contributed by atoms with E-state index >= 15 is 0 Å². The summed E-state index contributed by atoms with van der Waals surface area (Å²) in [6.07, 6.45) is 2.69. The fourth-order valence-corrected chi connectivity index (χ4v) is 3.76. The third-order valence-electron chi connectivity index (χ3n) is 2.60. The average molecular weight is 318 g/mol. The van der Waals surface area contributed by atoms with Crippen molar-refractivity contribution < 1.29 is 8.42 Å². The lowest BCUT2D eigenvalue weighted by Crippen LogP contribution is -2.26. The summed E-state index contributed by atoms with van der Waals surface area (Å²) >= 11 is 7.20. The molecular weight excluding hydrogens is 306 g/mol. The number of sulfonamides is 1. The van der Waals surface area contributed by atoms with E-state index in [0.29, 0.717) is 5.02 Å². The molecule has 0 saturated heterocycles. The number of nitrogens with zero attached hydrogens (tertiary/aromatic N) is 3. The van der Waals surface area contributed by atoms with Crippen LogP contribution >= 0.6 is 22.9 Å². The molecule has 5 nitrogen and oxygen atoms in total. The molecular formula is C11H12ClN3O2S2. The zero-order valence-electron chi connectivity index (χ0n) is 10.4. The quantitative estimate of drug-likeness (QED) is 0.868. The first kappa shape index (κ1) is 14.4. The molecule has 2 aromatic rings. The molecule has 2 heterocycles. The minimum Gasteiger partial charge on any atom is -0.262 e. The average Bonchev–Trinajstić information content (AvgIpc) is 2.75. The Labute approximate surface area is 120 Å². The number of rotatable bonds is 4. The van der Waals surface area contributed by atoms with Crippen LogP contribution in [0.5, 0.6) is 0 Å². The zero-order valence-corrected chi connectivity index (χ0v) is 12.8. The van der Waals surface area contributed by atoms with Gasteiger partial charge < -0.3 is 0 Å². The van der Waals surface area contributed by atoms with E-state index in [2.05, 4.69) is 9.97 Å². The van der Waals surface area contributed by atoms with Gasteiger partial charge in [-0.3, -0.25) is 4.98 Å². The number of hydrogen-bond acceptors (Lipinski definition) is 5. The van der Waals surface area contributed by atoms with E-state index in [1.807, 2.05) is 6.92 Å². The predicted molar refractivity (Wildman–Crippen MR) is 74.8 cm³/mol. The Bertz CT molecular complexity index is 685. The minimum atomic E-state index is -3.59. The summed E-state index contributed by atoms with van der Waals surface area (Å²) in [7, 11) is -2.07. The minimum absolute atomic E-state index is 0.0877. The van der Waals surface area contributed by atoms with E-state index in [1.54, 1.807) is 5.51 Å². The molecule has 0 amide bonds. The smallest absolute Gasteiger partial charge is 0.244 e. The highest BCUT2D eigenvalue weighted by atomic mass is 35.5. The largest absolute Gasteiger partial charge is 0.262 e. The first-order chi connectivity index (χ1) is 8.91. The van der Waals surface area contributed by atoms with Gasteiger partial charge in [0.1, 0.15) is 4.90 Å². The Morgan fingerprint density at radius 1 is 1.42 bits per heavy atom. The summed E-state index contributed by atoms with van der Waals surface area (Å²) < 4.78 is 25.9. The third-order valence-corrected chi connectivity index (χ3v) is 5.49. The lowest BCUT2D eigenvalue weighted by Gasteiger charge is -2.16. The monoisotopic (exact) mass is 317 g/mol. The van der Waals surface area contributed by atoms with Crippen molar-refractivity contribution in [2.75, 3.05) is 7.05 Å². The maximum Gasteiger partial charge on any atom is 0.244 e. The zero-order chi connectivity index (χ0) is 14.0. The van der Waals surface area contributed by atoms with Crippen LogP contribution in [0.25, 0.3) is 0 Å². The summed E-state index contributed by atoms with van der Waals surface area (Å²) in [6.45, 7) is 2.14. The van der Waals surface area contributed by atoms with Gasteiger partial charge in [0.25, 0.3) is 0 Å². The molecule has 0 aliphatic carbocycles. The van der Waals surface area contributed by atoms with Gasteiger partial charge in [0.2, 0.25) is 10.0 Å². The molecule has 0 unspecified atom stereocenters. The molecule has 0 radical (unpaired) electrons. The molecule has 0 aliphatic heterocycles. The Morgan fingerprint density at radius 3 is 2.74 bits per heavy atom. The van der Waals surface area contributed by atoms with Crippen LogP contribution in [-0.4, -0.2) is 29.7 Å². The highest BCUT2D eigenvalue weighted by Gasteiger charge is 2.22. The van der Waals surface area contributed by atoms with Gasteiger partial charge in [0.15, 0.2) is 0 Å². The van der Waals surface area contributed by atoms with Gasteiger partial charge >= 0.3 is 0 Å². The van der Waals surface area contributed by atoms with Crippen LogP contribution in [-0.2, 0) is 16.6 Å². The van der Waals surface area contributed by atoms with Crippen LogP contribution in [0.1, 0.15) is 10.6 Å². The number of pyridine rings is 1. The SMILES string of the molecule is Cc1ncsc1CN(C)S(=O)(=O)c1cncc(Cl)c1. The van der Waals surface area contributed by atoms with Gasteiger partial charge in [0.05, 0.1) is 16.2 Å². The second kappa shape index (κ2) is 5.54. The number of hydrogen-bond donors (Lipinski definition) is 0. The fraction of sp³-hybridized carbons (Fsp3) is 0.273. The molecule has 0 aromatic carbocycles. The van der Waals surface area contributed by atoms with Gasteiger partial charge in [-0.15, -0.1) is 11.3 Å². The van der Waals surface area contributed by atoms with Crippen molar-refractivity contribution in [2.24, 2.45) is 0 Å². The van der Waals surface area contributed by atoms with Crippen molar-refractivity contribution in [3.63, 3.8) is 0 Å². The van der Waals surface area contributed by atoms with Crippen LogP contribution in [0.15, 0.2) is 28.9 Å². The van der Waals surface area contributed by atoms with E-state index in [0.717, 1.165) is 10.6 Å². The molecule has 102 valence electrons.